The van der Waals surface area contributed by atoms with E-state index in [4.69, 9.17) is 26.1 Å². The number of nitrogens with zero attached hydrogens (tertiary/aromatic N) is 5. The van der Waals surface area contributed by atoms with Crippen molar-refractivity contribution in [3.63, 3.8) is 0 Å². The van der Waals surface area contributed by atoms with Crippen LogP contribution in [0.1, 0.15) is 6.92 Å². The highest BCUT2D eigenvalue weighted by molar-refractivity contribution is 7.22. The highest BCUT2D eigenvalue weighted by atomic mass is 35.5. The minimum atomic E-state index is 0.266. The molecular formula is C18H26ClN5O2S. The lowest BCUT2D eigenvalue weighted by atomic mass is 10.2. The monoisotopic (exact) mass is 411 g/mol. The van der Waals surface area contributed by atoms with E-state index in [0.29, 0.717) is 18.4 Å². The van der Waals surface area contributed by atoms with Crippen LogP contribution in [0.4, 0.5) is 10.9 Å². The number of anilines is 2. The predicted octanol–water partition coefficient (Wildman–Crippen LogP) is 2.34. The number of rotatable bonds is 5. The van der Waals surface area contributed by atoms with Crippen LogP contribution in [0.25, 0.3) is 10.2 Å². The maximum absolute atomic E-state index is 6.33. The van der Waals surface area contributed by atoms with Gasteiger partial charge < -0.3 is 19.3 Å². The Morgan fingerprint density at radius 3 is 2.81 bits per heavy atom. The summed E-state index contributed by atoms with van der Waals surface area (Å²) in [6.07, 6.45) is 0. The number of fused-ring (bicyclic) bond motifs is 1. The molecule has 4 heterocycles. The van der Waals surface area contributed by atoms with E-state index in [0.717, 1.165) is 67.0 Å². The summed E-state index contributed by atoms with van der Waals surface area (Å²) in [6, 6.07) is 2.20. The summed E-state index contributed by atoms with van der Waals surface area (Å²) < 4.78 is 11.9. The molecule has 0 amide bonds. The SMILES string of the molecule is COCCN1CCN(c2nc3c(N4CCOC[C@@H]4C)nc(Cl)cc3s2)CC1. The highest BCUT2D eigenvalue weighted by Gasteiger charge is 2.26. The zero-order valence-corrected chi connectivity index (χ0v) is 17.4. The van der Waals surface area contributed by atoms with Gasteiger partial charge in [-0.1, -0.05) is 22.9 Å². The van der Waals surface area contributed by atoms with Crippen LogP contribution in [0.3, 0.4) is 0 Å². The molecule has 9 heteroatoms. The average Bonchev–Trinajstić information content (AvgIpc) is 3.10. The van der Waals surface area contributed by atoms with E-state index in [-0.39, 0.29) is 6.04 Å². The minimum Gasteiger partial charge on any atom is -0.383 e. The van der Waals surface area contributed by atoms with E-state index in [1.165, 1.54) is 0 Å². The molecule has 2 saturated heterocycles. The van der Waals surface area contributed by atoms with Gasteiger partial charge in [-0.05, 0) is 13.0 Å². The first-order valence-corrected chi connectivity index (χ1v) is 10.6. The average molecular weight is 412 g/mol. The molecule has 2 aromatic rings. The first kappa shape index (κ1) is 19.1. The summed E-state index contributed by atoms with van der Waals surface area (Å²) in [5.41, 5.74) is 0.954. The van der Waals surface area contributed by atoms with Gasteiger partial charge in [-0.15, -0.1) is 0 Å². The molecule has 27 heavy (non-hydrogen) atoms. The normalized spacial score (nSPS) is 22.0. The van der Waals surface area contributed by atoms with E-state index >= 15 is 0 Å². The molecule has 0 unspecified atom stereocenters. The summed E-state index contributed by atoms with van der Waals surface area (Å²) in [5.74, 6) is 0.884. The summed E-state index contributed by atoms with van der Waals surface area (Å²) in [7, 11) is 1.75. The van der Waals surface area contributed by atoms with E-state index in [1.54, 1.807) is 18.4 Å². The Labute approximate surface area is 168 Å². The second-order valence-corrected chi connectivity index (χ2v) is 8.45. The number of morpholine rings is 1. The van der Waals surface area contributed by atoms with Crippen molar-refractivity contribution in [2.45, 2.75) is 13.0 Å². The topological polar surface area (TPSA) is 54.0 Å². The van der Waals surface area contributed by atoms with Gasteiger partial charge in [0.15, 0.2) is 10.9 Å². The maximum Gasteiger partial charge on any atom is 0.186 e. The fourth-order valence-corrected chi connectivity index (χ4v) is 4.94. The van der Waals surface area contributed by atoms with E-state index in [9.17, 15) is 0 Å². The number of methoxy groups -OCH3 is 1. The van der Waals surface area contributed by atoms with Crippen molar-refractivity contribution in [2.24, 2.45) is 0 Å². The van der Waals surface area contributed by atoms with Crippen molar-refractivity contribution in [3.8, 4) is 0 Å². The van der Waals surface area contributed by atoms with Crippen LogP contribution in [-0.4, -0.2) is 87.1 Å². The van der Waals surface area contributed by atoms with Gasteiger partial charge in [-0.3, -0.25) is 4.90 Å². The van der Waals surface area contributed by atoms with Crippen LogP contribution in [0.2, 0.25) is 5.15 Å². The van der Waals surface area contributed by atoms with Crippen LogP contribution in [0.5, 0.6) is 0 Å². The first-order valence-electron chi connectivity index (χ1n) is 9.43. The molecule has 0 aliphatic carbocycles. The van der Waals surface area contributed by atoms with Gasteiger partial charge in [-0.25, -0.2) is 9.97 Å². The molecule has 1 atom stereocenters. The van der Waals surface area contributed by atoms with Gasteiger partial charge in [0, 0.05) is 46.4 Å². The summed E-state index contributed by atoms with van der Waals surface area (Å²) in [4.78, 5) is 16.7. The Hall–Kier alpha value is -1.19. The molecule has 0 bridgehead atoms. The molecule has 4 rings (SSSR count). The largest absolute Gasteiger partial charge is 0.383 e. The Balaban J connectivity index is 1.56. The van der Waals surface area contributed by atoms with E-state index in [2.05, 4.69) is 26.6 Å². The number of thiazole rings is 1. The number of piperazine rings is 1. The number of ether oxygens (including phenoxy) is 2. The van der Waals surface area contributed by atoms with Crippen molar-refractivity contribution in [1.29, 1.82) is 0 Å². The quantitative estimate of drug-likeness (QED) is 0.700. The standard InChI is InChI=1S/C18H26ClN5O2S/c1-13-12-26-10-8-24(13)17-16-14(11-15(19)20-17)27-18(21-16)23-5-3-22(4-6-23)7-9-25-2/h11,13H,3-10,12H2,1-2H3/t13-/m0/s1. The Kier molecular flexibility index (Phi) is 5.99. The molecule has 0 aromatic carbocycles. The van der Waals surface area contributed by atoms with Gasteiger partial charge in [0.05, 0.1) is 30.6 Å². The lowest BCUT2D eigenvalue weighted by Crippen LogP contribution is -2.47. The number of hydrogen-bond donors (Lipinski definition) is 0. The van der Waals surface area contributed by atoms with Crippen molar-refractivity contribution in [3.05, 3.63) is 11.2 Å². The first-order chi connectivity index (χ1) is 13.2. The molecule has 148 valence electrons. The molecule has 0 saturated carbocycles. The van der Waals surface area contributed by atoms with Crippen molar-refractivity contribution in [1.82, 2.24) is 14.9 Å². The molecule has 2 fully saturated rings. The van der Waals surface area contributed by atoms with Crippen LogP contribution >= 0.6 is 22.9 Å². The summed E-state index contributed by atoms with van der Waals surface area (Å²) >= 11 is 8.04. The van der Waals surface area contributed by atoms with Crippen LogP contribution in [-0.2, 0) is 9.47 Å². The Bertz CT molecular complexity index is 780. The summed E-state index contributed by atoms with van der Waals surface area (Å²) in [6.45, 7) is 10.2. The van der Waals surface area contributed by atoms with Gasteiger partial charge in [-0.2, -0.15) is 0 Å². The van der Waals surface area contributed by atoms with E-state index < -0.39 is 0 Å². The van der Waals surface area contributed by atoms with E-state index in [1.807, 2.05) is 6.07 Å². The van der Waals surface area contributed by atoms with Crippen molar-refractivity contribution >= 4 is 44.1 Å². The number of aromatic nitrogens is 2. The zero-order valence-electron chi connectivity index (χ0n) is 15.9. The fraction of sp³-hybridized carbons (Fsp3) is 0.667. The smallest absolute Gasteiger partial charge is 0.186 e. The Morgan fingerprint density at radius 1 is 1.26 bits per heavy atom. The Morgan fingerprint density at radius 2 is 2.07 bits per heavy atom. The number of hydrogen-bond acceptors (Lipinski definition) is 8. The van der Waals surface area contributed by atoms with Gasteiger partial charge >= 0.3 is 0 Å². The third kappa shape index (κ3) is 4.14. The molecule has 2 aliphatic rings. The molecule has 2 aromatic heterocycles. The zero-order chi connectivity index (χ0) is 18.8. The van der Waals surface area contributed by atoms with Crippen LogP contribution in [0, 0.1) is 0 Å². The van der Waals surface area contributed by atoms with Crippen molar-refractivity contribution in [2.75, 3.05) is 76.0 Å². The van der Waals surface area contributed by atoms with Gasteiger partial charge in [0.2, 0.25) is 0 Å². The number of pyridine rings is 1. The highest BCUT2D eigenvalue weighted by Crippen LogP contribution is 2.36. The lowest BCUT2D eigenvalue weighted by Gasteiger charge is -2.34. The maximum atomic E-state index is 6.33. The minimum absolute atomic E-state index is 0.266. The predicted molar refractivity (Wildman–Crippen MR) is 111 cm³/mol. The third-order valence-corrected chi connectivity index (χ3v) is 6.47. The molecular weight excluding hydrogens is 386 g/mol. The fourth-order valence-electron chi connectivity index (χ4n) is 3.63. The van der Waals surface area contributed by atoms with Crippen LogP contribution < -0.4 is 9.80 Å². The molecule has 7 nitrogen and oxygen atoms in total. The van der Waals surface area contributed by atoms with Gasteiger partial charge in [0.25, 0.3) is 0 Å². The lowest BCUT2D eigenvalue weighted by molar-refractivity contribution is 0.0987. The molecule has 0 N–H and O–H groups in total. The molecule has 0 spiro atoms. The second kappa shape index (κ2) is 8.45. The van der Waals surface area contributed by atoms with Crippen molar-refractivity contribution < 1.29 is 9.47 Å². The number of halogens is 1. The summed E-state index contributed by atoms with van der Waals surface area (Å²) in [5, 5.41) is 1.58. The van der Waals surface area contributed by atoms with Crippen LogP contribution in [0.15, 0.2) is 6.07 Å². The van der Waals surface area contributed by atoms with Gasteiger partial charge in [0.1, 0.15) is 10.7 Å². The molecule has 2 aliphatic heterocycles. The second-order valence-electron chi connectivity index (χ2n) is 7.05. The third-order valence-electron chi connectivity index (χ3n) is 5.21. The molecule has 0 radical (unpaired) electrons.